The van der Waals surface area contributed by atoms with Crippen molar-refractivity contribution in [2.75, 3.05) is 12.0 Å². The van der Waals surface area contributed by atoms with E-state index in [2.05, 4.69) is 10.9 Å². The summed E-state index contributed by atoms with van der Waals surface area (Å²) in [5.41, 5.74) is 4.74. The fraction of sp³-hybridized carbons (Fsp3) is 0.133. The van der Waals surface area contributed by atoms with Crippen molar-refractivity contribution >= 4 is 56.4 Å². The first kappa shape index (κ1) is 22.6. The zero-order valence-electron chi connectivity index (χ0n) is 13.6. The number of carbonyl (C=O) groups is 1. The lowest BCUT2D eigenvalue weighted by Crippen LogP contribution is -2.34. The summed E-state index contributed by atoms with van der Waals surface area (Å²) in [6.45, 7) is -1.74. The third-order valence-corrected chi connectivity index (χ3v) is 5.39. The average Bonchev–Trinajstić information content (AvgIpc) is 2.58. The molecule has 0 aromatic heterocycles. The largest absolute Gasteiger partial charge is 0.402 e. The van der Waals surface area contributed by atoms with Crippen LogP contribution in [0.3, 0.4) is 0 Å². The molecular weight excluding hydrogens is 466 g/mol. The molecule has 3 N–H and O–H groups in total. The van der Waals surface area contributed by atoms with Gasteiger partial charge in [-0.05, 0) is 30.3 Å². The van der Waals surface area contributed by atoms with E-state index in [4.69, 9.17) is 34.8 Å². The Morgan fingerprint density at radius 2 is 1.64 bits per heavy atom. The van der Waals surface area contributed by atoms with Gasteiger partial charge in [0.25, 0.3) is 5.91 Å². The van der Waals surface area contributed by atoms with Crippen molar-refractivity contribution in [2.45, 2.75) is 11.1 Å². The number of nitrogens with one attached hydrogen (secondary N) is 3. The Balaban J connectivity index is 2.14. The number of anilines is 1. The predicted molar refractivity (Wildman–Crippen MR) is 100 cm³/mol. The van der Waals surface area contributed by atoms with Crippen molar-refractivity contribution in [3.05, 3.63) is 57.0 Å². The van der Waals surface area contributed by atoms with Gasteiger partial charge in [0.05, 0.1) is 20.6 Å². The molecule has 28 heavy (non-hydrogen) atoms. The van der Waals surface area contributed by atoms with Gasteiger partial charge in [0.2, 0.25) is 10.0 Å². The van der Waals surface area contributed by atoms with Gasteiger partial charge in [-0.1, -0.05) is 40.9 Å². The second-order valence-electron chi connectivity index (χ2n) is 5.29. The minimum atomic E-state index is -4.72. The van der Waals surface area contributed by atoms with Crippen LogP contribution in [0.4, 0.5) is 18.9 Å². The highest BCUT2D eigenvalue weighted by molar-refractivity contribution is 7.89. The molecule has 0 atom stereocenters. The Kier molecular flexibility index (Phi) is 7.05. The smallest absolute Gasteiger partial charge is 0.295 e. The van der Waals surface area contributed by atoms with Gasteiger partial charge in [-0.2, -0.15) is 13.2 Å². The van der Waals surface area contributed by atoms with E-state index in [1.165, 1.54) is 29.0 Å². The van der Waals surface area contributed by atoms with E-state index in [0.717, 1.165) is 12.1 Å². The Hall–Kier alpha value is -1.72. The third kappa shape index (κ3) is 6.14. The summed E-state index contributed by atoms with van der Waals surface area (Å²) in [5.74, 6) is -0.782. The van der Waals surface area contributed by atoms with Crippen LogP contribution < -0.4 is 15.6 Å². The number of benzene rings is 2. The molecule has 1 amide bonds. The number of carbonyl (C=O) groups excluding carboxylic acids is 1. The highest BCUT2D eigenvalue weighted by Gasteiger charge is 2.30. The monoisotopic (exact) mass is 475 g/mol. The van der Waals surface area contributed by atoms with E-state index in [1.807, 2.05) is 0 Å². The van der Waals surface area contributed by atoms with Crippen LogP contribution >= 0.6 is 34.8 Å². The maximum Gasteiger partial charge on any atom is 0.402 e. The molecule has 0 aliphatic heterocycles. The zero-order chi connectivity index (χ0) is 21.1. The lowest BCUT2D eigenvalue weighted by molar-refractivity contribution is -0.121. The van der Waals surface area contributed by atoms with Crippen LogP contribution in [0.25, 0.3) is 0 Å². The molecular formula is C15H11Cl3F3N3O3S. The molecule has 0 fully saturated rings. The van der Waals surface area contributed by atoms with Crippen molar-refractivity contribution in [3.8, 4) is 0 Å². The van der Waals surface area contributed by atoms with Gasteiger partial charge in [-0.15, -0.1) is 0 Å². The first-order valence-corrected chi connectivity index (χ1v) is 9.88. The number of halogens is 6. The lowest BCUT2D eigenvalue weighted by Gasteiger charge is -2.13. The number of hydrazine groups is 1. The molecule has 0 heterocycles. The topological polar surface area (TPSA) is 87.3 Å². The van der Waals surface area contributed by atoms with Crippen LogP contribution in [0.2, 0.25) is 15.1 Å². The van der Waals surface area contributed by atoms with Gasteiger partial charge >= 0.3 is 6.18 Å². The maximum absolute atomic E-state index is 12.2. The minimum absolute atomic E-state index is 0.116. The van der Waals surface area contributed by atoms with Crippen LogP contribution in [-0.2, 0) is 10.0 Å². The summed E-state index contributed by atoms with van der Waals surface area (Å²) in [4.78, 5) is 11.7. The van der Waals surface area contributed by atoms with E-state index in [-0.39, 0.29) is 26.3 Å². The molecule has 0 unspecified atom stereocenters. The second-order valence-corrected chi connectivity index (χ2v) is 8.31. The van der Waals surface area contributed by atoms with Crippen molar-refractivity contribution in [1.82, 2.24) is 10.1 Å². The number of rotatable bonds is 6. The molecule has 0 saturated heterocycles. The minimum Gasteiger partial charge on any atom is -0.295 e. The third-order valence-electron chi connectivity index (χ3n) is 3.18. The number of hydrogen-bond donors (Lipinski definition) is 3. The summed E-state index contributed by atoms with van der Waals surface area (Å²) in [6, 6.07) is 7.20. The van der Waals surface area contributed by atoms with Crippen LogP contribution in [0.5, 0.6) is 0 Å². The van der Waals surface area contributed by atoms with Crippen molar-refractivity contribution < 1.29 is 26.4 Å². The standard InChI is InChI=1S/C15H11Cl3F3N3O3S/c16-9-5-11(17)13(12(18)6-9)23-24-14(25)8-2-1-3-10(4-8)28(26,27)22-7-15(19,20)21/h1-6,22-23H,7H2,(H,24,25). The van der Waals surface area contributed by atoms with E-state index in [9.17, 15) is 26.4 Å². The van der Waals surface area contributed by atoms with Gasteiger partial charge in [0, 0.05) is 10.6 Å². The first-order valence-electron chi connectivity index (χ1n) is 7.26. The maximum atomic E-state index is 12.2. The normalized spacial score (nSPS) is 11.9. The summed E-state index contributed by atoms with van der Waals surface area (Å²) in [7, 11) is -4.46. The lowest BCUT2D eigenvalue weighted by atomic mass is 10.2. The Morgan fingerprint density at radius 1 is 1.04 bits per heavy atom. The average molecular weight is 477 g/mol. The molecule has 0 aliphatic rings. The van der Waals surface area contributed by atoms with Crippen molar-refractivity contribution in [3.63, 3.8) is 0 Å². The number of amides is 1. The van der Waals surface area contributed by atoms with E-state index >= 15 is 0 Å². The molecule has 2 rings (SSSR count). The Morgan fingerprint density at radius 3 is 2.21 bits per heavy atom. The van der Waals surface area contributed by atoms with Gasteiger partial charge < -0.3 is 0 Å². The van der Waals surface area contributed by atoms with Crippen LogP contribution in [0.1, 0.15) is 10.4 Å². The molecule has 2 aromatic rings. The summed E-state index contributed by atoms with van der Waals surface area (Å²) >= 11 is 17.7. The molecule has 0 saturated carbocycles. The fourth-order valence-electron chi connectivity index (χ4n) is 1.92. The number of alkyl halides is 3. The Labute approximate surface area is 173 Å². The molecule has 0 spiro atoms. The molecule has 0 aliphatic carbocycles. The highest BCUT2D eigenvalue weighted by atomic mass is 35.5. The van der Waals surface area contributed by atoms with Crippen molar-refractivity contribution in [2.24, 2.45) is 0 Å². The molecule has 0 bridgehead atoms. The summed E-state index contributed by atoms with van der Waals surface area (Å²) in [5, 5.41) is 0.507. The molecule has 6 nitrogen and oxygen atoms in total. The first-order chi connectivity index (χ1) is 12.9. The van der Waals surface area contributed by atoms with E-state index in [1.54, 1.807) is 0 Å². The number of hydrogen-bond acceptors (Lipinski definition) is 4. The quantitative estimate of drug-likeness (QED) is 0.544. The van der Waals surface area contributed by atoms with E-state index < -0.39 is 33.5 Å². The van der Waals surface area contributed by atoms with Gasteiger partial charge in [0.1, 0.15) is 6.54 Å². The highest BCUT2D eigenvalue weighted by Crippen LogP contribution is 2.33. The van der Waals surface area contributed by atoms with Crippen LogP contribution in [0, 0.1) is 0 Å². The molecule has 0 radical (unpaired) electrons. The molecule has 152 valence electrons. The molecule has 2 aromatic carbocycles. The predicted octanol–water partition coefficient (Wildman–Crippen LogP) is 4.24. The van der Waals surface area contributed by atoms with Crippen molar-refractivity contribution in [1.29, 1.82) is 0 Å². The Bertz CT molecular complexity index is 978. The summed E-state index contributed by atoms with van der Waals surface area (Å²) < 4.78 is 62.0. The van der Waals surface area contributed by atoms with Crippen LogP contribution in [-0.4, -0.2) is 27.0 Å². The van der Waals surface area contributed by atoms with Gasteiger partial charge in [-0.3, -0.25) is 15.6 Å². The van der Waals surface area contributed by atoms with Gasteiger partial charge in [-0.25, -0.2) is 13.1 Å². The zero-order valence-corrected chi connectivity index (χ0v) is 16.7. The molecule has 13 heteroatoms. The number of sulfonamides is 1. The second kappa shape index (κ2) is 8.75. The van der Waals surface area contributed by atoms with Crippen LogP contribution in [0.15, 0.2) is 41.3 Å². The summed E-state index contributed by atoms with van der Waals surface area (Å²) in [6.07, 6.45) is -4.72. The van der Waals surface area contributed by atoms with Gasteiger partial charge in [0.15, 0.2) is 0 Å². The SMILES string of the molecule is O=C(NNc1c(Cl)cc(Cl)cc1Cl)c1cccc(S(=O)(=O)NCC(F)(F)F)c1. The fourth-order valence-corrected chi connectivity index (χ4v) is 3.89. The van der Waals surface area contributed by atoms with E-state index in [0.29, 0.717) is 0 Å².